The fourth-order valence-electron chi connectivity index (χ4n) is 3.99. The van der Waals surface area contributed by atoms with Gasteiger partial charge < -0.3 is 20.3 Å². The van der Waals surface area contributed by atoms with E-state index in [1.807, 2.05) is 0 Å². The number of ether oxygens (including phenoxy) is 2. The predicted octanol–water partition coefficient (Wildman–Crippen LogP) is 1.35. The van der Waals surface area contributed by atoms with Crippen molar-refractivity contribution in [2.45, 2.75) is 31.2 Å². The number of hydrogen-bond acceptors (Lipinski definition) is 8. The number of esters is 1. The first kappa shape index (κ1) is 20.7. The van der Waals surface area contributed by atoms with Crippen LogP contribution in [0.2, 0.25) is 0 Å². The summed E-state index contributed by atoms with van der Waals surface area (Å²) in [7, 11) is 0. The highest BCUT2D eigenvalue weighted by Gasteiger charge is 2.57. The molecule has 3 aromatic rings. The Morgan fingerprint density at radius 3 is 2.90 bits per heavy atom. The Bertz CT molecular complexity index is 1180. The van der Waals surface area contributed by atoms with Crippen molar-refractivity contribution in [3.05, 3.63) is 59.8 Å². The molecule has 10 heteroatoms. The Morgan fingerprint density at radius 2 is 2.19 bits per heavy atom. The molecule has 1 aromatic carbocycles. The monoisotopic (exact) mass is 425 g/mol. The number of aromatic nitrogens is 3. The van der Waals surface area contributed by atoms with Crippen LogP contribution in [0, 0.1) is 23.1 Å². The lowest BCUT2D eigenvalue weighted by Gasteiger charge is -2.26. The number of hydrogen-bond donors (Lipinski definition) is 2. The summed E-state index contributed by atoms with van der Waals surface area (Å²) in [6.45, 7) is 1.20. The molecule has 31 heavy (non-hydrogen) atoms. The van der Waals surface area contributed by atoms with E-state index in [0.717, 1.165) is 0 Å². The van der Waals surface area contributed by atoms with Crippen LogP contribution in [0.4, 0.5) is 10.2 Å². The summed E-state index contributed by atoms with van der Waals surface area (Å²) in [6.07, 6.45) is -0.921. The van der Waals surface area contributed by atoms with Gasteiger partial charge in [0.1, 0.15) is 35.9 Å². The Morgan fingerprint density at radius 1 is 1.42 bits per heavy atom. The maximum atomic E-state index is 13.9. The summed E-state index contributed by atoms with van der Waals surface area (Å²) < 4.78 is 26.9. The van der Waals surface area contributed by atoms with Crippen LogP contribution in [0.1, 0.15) is 18.2 Å². The molecule has 1 aliphatic heterocycles. The maximum Gasteiger partial charge on any atom is 0.310 e. The summed E-state index contributed by atoms with van der Waals surface area (Å²) in [4.78, 5) is 16.4. The molecule has 1 saturated heterocycles. The number of rotatable bonds is 5. The number of nitrogens with two attached hydrogens (primary N) is 1. The highest BCUT2D eigenvalue weighted by Crippen LogP contribution is 2.45. The second kappa shape index (κ2) is 7.94. The van der Waals surface area contributed by atoms with Crippen LogP contribution in [0.3, 0.4) is 0 Å². The number of carbonyl (C=O) groups excluding carboxylic acids is 1. The minimum Gasteiger partial charge on any atom is -0.459 e. The second-order valence-electron chi connectivity index (χ2n) is 7.36. The van der Waals surface area contributed by atoms with Gasteiger partial charge in [0.15, 0.2) is 5.82 Å². The predicted molar refractivity (Wildman–Crippen MR) is 106 cm³/mol. The van der Waals surface area contributed by atoms with Gasteiger partial charge in [0, 0.05) is 5.92 Å². The normalized spacial score (nSPS) is 25.4. The first-order valence-electron chi connectivity index (χ1n) is 9.62. The first-order valence-corrected chi connectivity index (χ1v) is 9.62. The van der Waals surface area contributed by atoms with Crippen LogP contribution in [0.5, 0.6) is 0 Å². The van der Waals surface area contributed by atoms with Crippen molar-refractivity contribution in [2.75, 3.05) is 12.3 Å². The van der Waals surface area contributed by atoms with Gasteiger partial charge in [0.25, 0.3) is 0 Å². The Labute approximate surface area is 176 Å². The van der Waals surface area contributed by atoms with Crippen LogP contribution >= 0.6 is 0 Å². The molecule has 0 bridgehead atoms. The van der Waals surface area contributed by atoms with Crippen molar-refractivity contribution in [2.24, 2.45) is 5.92 Å². The summed E-state index contributed by atoms with van der Waals surface area (Å²) >= 11 is 0. The largest absolute Gasteiger partial charge is 0.459 e. The summed E-state index contributed by atoms with van der Waals surface area (Å²) in [5.74, 6) is -1.65. The third kappa shape index (κ3) is 3.37. The first-order chi connectivity index (χ1) is 14.9. The molecule has 0 radical (unpaired) electrons. The van der Waals surface area contributed by atoms with Crippen LogP contribution in [0.25, 0.3) is 5.52 Å². The molecule has 3 heterocycles. The molecule has 9 nitrogen and oxygen atoms in total. The third-order valence-electron chi connectivity index (χ3n) is 5.61. The lowest BCUT2D eigenvalue weighted by atomic mass is 9.85. The van der Waals surface area contributed by atoms with Crippen molar-refractivity contribution in [1.82, 2.24) is 14.6 Å². The highest BCUT2D eigenvalue weighted by atomic mass is 19.1. The highest BCUT2D eigenvalue weighted by molar-refractivity contribution is 5.73. The number of aliphatic hydroxyl groups excluding tert-OH is 1. The van der Waals surface area contributed by atoms with Crippen LogP contribution in [-0.2, 0) is 26.3 Å². The van der Waals surface area contributed by atoms with Gasteiger partial charge in [-0.05, 0) is 23.8 Å². The van der Waals surface area contributed by atoms with E-state index in [1.165, 1.54) is 29.0 Å². The average molecular weight is 425 g/mol. The SMILES string of the molecule is C[C@@H]1[C@H](OC(=O)Cc2ccccc2F)[C@@H](CO)O[C@@]1(C#N)c1ccc2c(N)ncnn12. The van der Waals surface area contributed by atoms with Crippen molar-refractivity contribution in [1.29, 1.82) is 5.26 Å². The molecule has 0 aliphatic carbocycles. The minimum absolute atomic E-state index is 0.191. The zero-order valence-electron chi connectivity index (χ0n) is 16.6. The molecule has 4 rings (SSSR count). The van der Waals surface area contributed by atoms with Crippen LogP contribution in [0.15, 0.2) is 42.7 Å². The molecule has 160 valence electrons. The van der Waals surface area contributed by atoms with Gasteiger partial charge in [0.2, 0.25) is 5.60 Å². The zero-order chi connectivity index (χ0) is 22.2. The number of halogens is 1. The summed E-state index contributed by atoms with van der Waals surface area (Å²) in [5, 5.41) is 24.1. The number of carbonyl (C=O) groups is 1. The minimum atomic E-state index is -1.57. The van der Waals surface area contributed by atoms with Crippen molar-refractivity contribution >= 4 is 17.3 Å². The standard InChI is InChI=1S/C21H20FN5O4/c1-12-19(30-18(29)8-13-4-2-3-5-14(13)22)16(9-28)31-21(12,10-23)17-7-6-15-20(24)25-11-26-27(15)17/h2-7,11-12,16,19,28H,8-9H2,1H3,(H2,24,25,26)/t12-,16-,19+,21-/m1/s1. The van der Waals surface area contributed by atoms with Crippen molar-refractivity contribution < 1.29 is 23.8 Å². The summed E-state index contributed by atoms with van der Waals surface area (Å²) in [6, 6.07) is 11.4. The van der Waals surface area contributed by atoms with Crippen molar-refractivity contribution in [3.63, 3.8) is 0 Å². The zero-order valence-corrected chi connectivity index (χ0v) is 16.6. The fraction of sp³-hybridized carbons (Fsp3) is 0.333. The van der Waals surface area contributed by atoms with Gasteiger partial charge in [-0.3, -0.25) is 4.79 Å². The third-order valence-corrected chi connectivity index (χ3v) is 5.61. The molecular weight excluding hydrogens is 405 g/mol. The Balaban J connectivity index is 1.65. The van der Waals surface area contributed by atoms with Gasteiger partial charge in [0.05, 0.1) is 18.7 Å². The summed E-state index contributed by atoms with van der Waals surface area (Å²) in [5.41, 5.74) is 5.37. The lowest BCUT2D eigenvalue weighted by molar-refractivity contribution is -0.153. The number of nitrogens with zero attached hydrogens (tertiary/aromatic N) is 4. The number of aliphatic hydroxyl groups is 1. The Kier molecular flexibility index (Phi) is 5.31. The molecule has 1 aliphatic rings. The number of nitrogen functional groups attached to an aromatic ring is 1. The van der Waals surface area contributed by atoms with Crippen LogP contribution < -0.4 is 5.73 Å². The van der Waals surface area contributed by atoms with E-state index in [-0.39, 0.29) is 17.8 Å². The molecule has 2 aromatic heterocycles. The number of anilines is 1. The van der Waals surface area contributed by atoms with Crippen molar-refractivity contribution in [3.8, 4) is 6.07 Å². The fourth-order valence-corrected chi connectivity index (χ4v) is 3.99. The van der Waals surface area contributed by atoms with E-state index >= 15 is 0 Å². The van der Waals surface area contributed by atoms with Gasteiger partial charge in [-0.1, -0.05) is 25.1 Å². The van der Waals surface area contributed by atoms with E-state index in [2.05, 4.69) is 16.2 Å². The van der Waals surface area contributed by atoms with E-state index < -0.39 is 42.1 Å². The molecule has 0 unspecified atom stereocenters. The van der Waals surface area contributed by atoms with E-state index in [1.54, 1.807) is 25.1 Å². The van der Waals surface area contributed by atoms with Gasteiger partial charge in [-0.15, -0.1) is 0 Å². The molecule has 1 fully saturated rings. The molecule has 0 spiro atoms. The van der Waals surface area contributed by atoms with Gasteiger partial charge >= 0.3 is 5.97 Å². The van der Waals surface area contributed by atoms with Crippen LogP contribution in [-0.4, -0.2) is 44.5 Å². The van der Waals surface area contributed by atoms with E-state index in [9.17, 15) is 19.6 Å². The molecule has 0 saturated carbocycles. The van der Waals surface area contributed by atoms with Gasteiger partial charge in [-0.25, -0.2) is 13.9 Å². The maximum absolute atomic E-state index is 13.9. The number of nitriles is 1. The van der Waals surface area contributed by atoms with E-state index in [4.69, 9.17) is 15.2 Å². The molecular formula is C21H20FN5O4. The molecule has 3 N–H and O–H groups in total. The quantitative estimate of drug-likeness (QED) is 0.585. The number of fused-ring (bicyclic) bond motifs is 1. The average Bonchev–Trinajstić information content (AvgIpc) is 3.31. The topological polar surface area (TPSA) is 136 Å². The smallest absolute Gasteiger partial charge is 0.310 e. The lowest BCUT2D eigenvalue weighted by Crippen LogP contribution is -2.36. The molecule has 0 amide bonds. The number of benzene rings is 1. The second-order valence-corrected chi connectivity index (χ2v) is 7.36. The van der Waals surface area contributed by atoms with Gasteiger partial charge in [-0.2, -0.15) is 10.4 Å². The van der Waals surface area contributed by atoms with E-state index in [0.29, 0.717) is 11.2 Å². The Hall–Kier alpha value is -3.55. The molecule has 4 atom stereocenters.